The number of aliphatic imine (C=N–C) groups is 1. The lowest BCUT2D eigenvalue weighted by molar-refractivity contribution is -0.117. The number of nitrogens with zero attached hydrogens (tertiary/aromatic N) is 4. The van der Waals surface area contributed by atoms with E-state index in [-0.39, 0.29) is 23.8 Å². The summed E-state index contributed by atoms with van der Waals surface area (Å²) in [6.07, 6.45) is 0.0673. The summed E-state index contributed by atoms with van der Waals surface area (Å²) < 4.78 is 38.3. The first-order chi connectivity index (χ1) is 15.5. The molecule has 0 bridgehead atoms. The fourth-order valence-corrected chi connectivity index (χ4v) is 3.66. The van der Waals surface area contributed by atoms with Crippen molar-refractivity contribution in [1.82, 2.24) is 15.3 Å². The molecule has 1 aromatic rings. The summed E-state index contributed by atoms with van der Waals surface area (Å²) in [5, 5.41) is 9.16. The van der Waals surface area contributed by atoms with Crippen molar-refractivity contribution in [3.8, 4) is 0 Å². The van der Waals surface area contributed by atoms with Gasteiger partial charge in [0.05, 0.1) is 11.3 Å². The Morgan fingerprint density at radius 1 is 1.36 bits per heavy atom. The molecular formula is C21H29F3N8O. The molecule has 1 saturated carbocycles. The quantitative estimate of drug-likeness (QED) is 0.456. The van der Waals surface area contributed by atoms with Gasteiger partial charge in [-0.1, -0.05) is 6.08 Å². The van der Waals surface area contributed by atoms with Crippen LogP contribution < -0.4 is 26.6 Å². The lowest BCUT2D eigenvalue weighted by Gasteiger charge is -2.37. The molecule has 1 aliphatic heterocycles. The molecule has 5 N–H and O–H groups in total. The maximum Gasteiger partial charge on any atom is 0.417 e. The van der Waals surface area contributed by atoms with E-state index in [0.29, 0.717) is 35.6 Å². The van der Waals surface area contributed by atoms with Crippen molar-refractivity contribution in [2.45, 2.75) is 51.9 Å². The molecule has 33 heavy (non-hydrogen) atoms. The third-order valence-corrected chi connectivity index (χ3v) is 5.89. The summed E-state index contributed by atoms with van der Waals surface area (Å²) in [6.45, 7) is 5.47. The topological polar surface area (TPSA) is 121 Å². The predicted octanol–water partition coefficient (Wildman–Crippen LogP) is 2.68. The van der Waals surface area contributed by atoms with E-state index in [2.05, 4.69) is 30.9 Å². The molecule has 1 atom stereocenters. The van der Waals surface area contributed by atoms with Gasteiger partial charge in [0, 0.05) is 32.0 Å². The van der Waals surface area contributed by atoms with E-state index in [1.807, 2.05) is 25.8 Å². The van der Waals surface area contributed by atoms with E-state index in [1.54, 1.807) is 0 Å². The molecule has 9 nitrogen and oxygen atoms in total. The SMILES string of the molecule is C\C=C(/C=N\C(=C/N)NC[C@H]1C[C@@H](Nc2nc(C)c3c(n2)N(C)[C@@H](C)C(=O)N3)C1)C(F)(F)F. The molecule has 1 aromatic heterocycles. The van der Waals surface area contributed by atoms with Gasteiger partial charge in [-0.05, 0) is 39.5 Å². The van der Waals surface area contributed by atoms with Crippen molar-refractivity contribution in [2.75, 3.05) is 29.1 Å². The highest BCUT2D eigenvalue weighted by Crippen LogP contribution is 2.34. The molecule has 2 heterocycles. The van der Waals surface area contributed by atoms with Crippen LogP contribution in [0.4, 0.5) is 30.6 Å². The molecule has 1 amide bonds. The number of likely N-dealkylation sites (N-methyl/N-ethyl adjacent to an activating group) is 1. The summed E-state index contributed by atoms with van der Waals surface area (Å²) in [4.78, 5) is 26.7. The van der Waals surface area contributed by atoms with E-state index in [9.17, 15) is 18.0 Å². The number of hydrogen-bond acceptors (Lipinski definition) is 8. The van der Waals surface area contributed by atoms with Gasteiger partial charge in [0.2, 0.25) is 11.9 Å². The van der Waals surface area contributed by atoms with Gasteiger partial charge in [-0.3, -0.25) is 4.79 Å². The summed E-state index contributed by atoms with van der Waals surface area (Å²) >= 11 is 0. The maximum atomic E-state index is 12.8. The van der Waals surface area contributed by atoms with E-state index in [1.165, 1.54) is 6.92 Å². The molecule has 3 rings (SSSR count). The number of carbonyl (C=O) groups excluding carboxylic acids is 1. The Bertz CT molecular complexity index is 982. The van der Waals surface area contributed by atoms with Crippen molar-refractivity contribution in [3.05, 3.63) is 29.4 Å². The number of halogens is 3. The minimum Gasteiger partial charge on any atom is -0.402 e. The van der Waals surface area contributed by atoms with Gasteiger partial charge in [0.15, 0.2) is 5.82 Å². The lowest BCUT2D eigenvalue weighted by Crippen LogP contribution is -2.45. The summed E-state index contributed by atoms with van der Waals surface area (Å²) in [5.74, 6) is 1.56. The van der Waals surface area contributed by atoms with Crippen LogP contribution in [-0.4, -0.2) is 53.9 Å². The average Bonchev–Trinajstić information content (AvgIpc) is 2.72. The lowest BCUT2D eigenvalue weighted by atomic mass is 9.80. The zero-order valence-electron chi connectivity index (χ0n) is 19.0. The molecule has 180 valence electrons. The number of anilines is 3. The van der Waals surface area contributed by atoms with Crippen LogP contribution in [0.2, 0.25) is 0 Å². The first kappa shape index (κ1) is 24.3. The van der Waals surface area contributed by atoms with Crippen LogP contribution in [0.15, 0.2) is 28.7 Å². The zero-order chi connectivity index (χ0) is 24.3. The maximum absolute atomic E-state index is 12.8. The number of nitrogens with one attached hydrogen (secondary N) is 3. The molecule has 0 spiro atoms. The van der Waals surface area contributed by atoms with Crippen LogP contribution in [-0.2, 0) is 4.79 Å². The number of nitrogens with two attached hydrogens (primary N) is 1. The number of alkyl halides is 3. The number of carbonyl (C=O) groups is 1. The number of hydrogen-bond donors (Lipinski definition) is 4. The highest BCUT2D eigenvalue weighted by atomic mass is 19.4. The smallest absolute Gasteiger partial charge is 0.402 e. The van der Waals surface area contributed by atoms with Crippen LogP contribution in [0.5, 0.6) is 0 Å². The second-order valence-electron chi connectivity index (χ2n) is 8.22. The molecular weight excluding hydrogens is 437 g/mol. The molecule has 12 heteroatoms. The fourth-order valence-electron chi connectivity index (χ4n) is 3.66. The summed E-state index contributed by atoms with van der Waals surface area (Å²) in [5.41, 5.74) is 5.95. The monoisotopic (exact) mass is 466 g/mol. The summed E-state index contributed by atoms with van der Waals surface area (Å²) in [6, 6.07) is -0.157. The Balaban J connectivity index is 1.51. The van der Waals surface area contributed by atoms with Gasteiger partial charge in [-0.25, -0.2) is 9.98 Å². The number of fused-ring (bicyclic) bond motifs is 1. The number of amides is 1. The molecule has 1 fully saturated rings. The minimum atomic E-state index is -4.46. The first-order valence-corrected chi connectivity index (χ1v) is 10.7. The Hall–Kier alpha value is -3.31. The fraction of sp³-hybridized carbons (Fsp3) is 0.524. The molecule has 0 unspecified atom stereocenters. The molecule has 0 radical (unpaired) electrons. The highest BCUT2D eigenvalue weighted by molar-refractivity contribution is 6.03. The normalized spacial score (nSPS) is 23.8. The number of rotatable bonds is 7. The van der Waals surface area contributed by atoms with Gasteiger partial charge in [-0.2, -0.15) is 18.2 Å². The molecule has 0 saturated heterocycles. The van der Waals surface area contributed by atoms with E-state index in [4.69, 9.17) is 5.73 Å². The standard InChI is InChI=1S/C21H29F3N8O/c1-5-14(21(22,23)24)10-27-16(8-25)26-9-13-6-15(7-13)29-20-28-11(2)17-18(31-20)32(4)12(3)19(33)30-17/h5,8,10,12-13,15,26H,6-7,9,25H2,1-4H3,(H,30,33)(H,28,29,31)/b14-5+,16-8-,27-10-/t12-,13-,15+/m0/s1. The van der Waals surface area contributed by atoms with Crippen molar-refractivity contribution in [2.24, 2.45) is 16.6 Å². The second-order valence-corrected chi connectivity index (χ2v) is 8.22. The van der Waals surface area contributed by atoms with E-state index < -0.39 is 11.7 Å². The van der Waals surface area contributed by atoms with Gasteiger partial charge in [0.1, 0.15) is 17.6 Å². The van der Waals surface area contributed by atoms with Crippen LogP contribution in [0, 0.1) is 12.8 Å². The molecule has 0 aromatic carbocycles. The van der Waals surface area contributed by atoms with Crippen molar-refractivity contribution in [3.63, 3.8) is 0 Å². The Labute approximate surface area is 190 Å². The Morgan fingerprint density at radius 3 is 2.67 bits per heavy atom. The second kappa shape index (κ2) is 9.67. The molecule has 2 aliphatic rings. The van der Waals surface area contributed by atoms with E-state index in [0.717, 1.165) is 31.3 Å². The third-order valence-electron chi connectivity index (χ3n) is 5.89. The molecule has 1 aliphatic carbocycles. The van der Waals surface area contributed by atoms with E-state index >= 15 is 0 Å². The van der Waals surface area contributed by atoms with Gasteiger partial charge >= 0.3 is 6.18 Å². The van der Waals surface area contributed by atoms with Crippen molar-refractivity contribution >= 4 is 29.6 Å². The van der Waals surface area contributed by atoms with Gasteiger partial charge in [-0.15, -0.1) is 0 Å². The van der Waals surface area contributed by atoms with Crippen LogP contribution in [0.3, 0.4) is 0 Å². The number of aryl methyl sites for hydroxylation is 1. The minimum absolute atomic E-state index is 0.0951. The predicted molar refractivity (Wildman–Crippen MR) is 122 cm³/mol. The van der Waals surface area contributed by atoms with Gasteiger partial charge in [0.25, 0.3) is 0 Å². The largest absolute Gasteiger partial charge is 0.417 e. The number of aromatic nitrogens is 2. The summed E-state index contributed by atoms with van der Waals surface area (Å²) in [7, 11) is 1.82. The number of allylic oxidation sites excluding steroid dienone is 2. The van der Waals surface area contributed by atoms with Crippen molar-refractivity contribution in [1.29, 1.82) is 0 Å². The third kappa shape index (κ3) is 5.55. The van der Waals surface area contributed by atoms with Crippen LogP contribution in [0.25, 0.3) is 0 Å². The van der Waals surface area contributed by atoms with Crippen LogP contribution >= 0.6 is 0 Å². The first-order valence-electron chi connectivity index (χ1n) is 10.7. The average molecular weight is 467 g/mol. The highest BCUT2D eigenvalue weighted by Gasteiger charge is 2.33. The Morgan fingerprint density at radius 2 is 2.06 bits per heavy atom. The van der Waals surface area contributed by atoms with Crippen LogP contribution in [0.1, 0.15) is 32.4 Å². The van der Waals surface area contributed by atoms with Crippen molar-refractivity contribution < 1.29 is 18.0 Å². The Kier molecular flexibility index (Phi) is 7.13. The van der Waals surface area contributed by atoms with Gasteiger partial charge < -0.3 is 26.6 Å². The zero-order valence-corrected chi connectivity index (χ0v) is 19.0.